The molecule has 0 saturated heterocycles. The molecule has 0 unspecified atom stereocenters. The van der Waals surface area contributed by atoms with Gasteiger partial charge in [-0.1, -0.05) is 0 Å². The summed E-state index contributed by atoms with van der Waals surface area (Å²) in [5, 5.41) is 13.7. The number of H-pyrrole nitrogens is 1. The Kier molecular flexibility index (Phi) is 3.29. The monoisotopic (exact) mass is 233 g/mol. The van der Waals surface area contributed by atoms with Gasteiger partial charge in [-0.25, -0.2) is 4.98 Å². The molecule has 2 aromatic rings. The molecule has 0 atom stereocenters. The standard InChI is InChI=1S/C10H11N5O2/c16-15(17)10-6-11-3-2-9(10)13-4-1-8-5-12-7-14-8/h2-3,5-7H,1,4H2,(H,11,13)(H,12,14). The van der Waals surface area contributed by atoms with Crippen LogP contribution >= 0.6 is 0 Å². The summed E-state index contributed by atoms with van der Waals surface area (Å²) >= 11 is 0. The molecule has 7 heteroatoms. The van der Waals surface area contributed by atoms with E-state index in [9.17, 15) is 10.1 Å². The smallest absolute Gasteiger partial charge is 0.310 e. The van der Waals surface area contributed by atoms with Gasteiger partial charge in [0.15, 0.2) is 0 Å². The Morgan fingerprint density at radius 3 is 3.00 bits per heavy atom. The third-order valence-electron chi connectivity index (χ3n) is 2.26. The van der Waals surface area contributed by atoms with Gasteiger partial charge in [0.05, 0.1) is 11.3 Å². The van der Waals surface area contributed by atoms with Crippen LogP contribution in [-0.4, -0.2) is 26.4 Å². The van der Waals surface area contributed by atoms with Crippen LogP contribution in [0.5, 0.6) is 0 Å². The van der Waals surface area contributed by atoms with E-state index in [1.165, 1.54) is 12.4 Å². The first-order valence-electron chi connectivity index (χ1n) is 5.07. The number of anilines is 1. The van der Waals surface area contributed by atoms with Crippen LogP contribution in [0.25, 0.3) is 0 Å². The molecule has 0 bridgehead atoms. The van der Waals surface area contributed by atoms with Crippen LogP contribution in [0.1, 0.15) is 5.69 Å². The van der Waals surface area contributed by atoms with Gasteiger partial charge in [0.2, 0.25) is 0 Å². The molecule has 2 N–H and O–H groups in total. The molecular formula is C10H11N5O2. The van der Waals surface area contributed by atoms with Crippen molar-refractivity contribution in [2.75, 3.05) is 11.9 Å². The maximum absolute atomic E-state index is 10.7. The van der Waals surface area contributed by atoms with Crippen molar-refractivity contribution in [2.24, 2.45) is 0 Å². The molecule has 17 heavy (non-hydrogen) atoms. The van der Waals surface area contributed by atoms with Crippen LogP contribution < -0.4 is 5.32 Å². The molecular weight excluding hydrogens is 222 g/mol. The maximum Gasteiger partial charge on any atom is 0.310 e. The number of nitrogens with zero attached hydrogens (tertiary/aromatic N) is 3. The van der Waals surface area contributed by atoms with E-state index in [1.54, 1.807) is 18.6 Å². The van der Waals surface area contributed by atoms with Gasteiger partial charge < -0.3 is 10.3 Å². The first kappa shape index (κ1) is 11.1. The summed E-state index contributed by atoms with van der Waals surface area (Å²) in [5.74, 6) is 0. The SMILES string of the molecule is O=[N+]([O-])c1cnccc1NCCc1cnc[nH]1. The van der Waals surface area contributed by atoms with Crippen LogP contribution in [0.4, 0.5) is 11.4 Å². The molecule has 2 heterocycles. The van der Waals surface area contributed by atoms with Crippen LogP contribution in [0, 0.1) is 10.1 Å². The van der Waals surface area contributed by atoms with Crippen molar-refractivity contribution in [1.29, 1.82) is 0 Å². The summed E-state index contributed by atoms with van der Waals surface area (Å²) in [6.07, 6.45) is 6.80. The van der Waals surface area contributed by atoms with E-state index in [1.807, 2.05) is 0 Å². The quantitative estimate of drug-likeness (QED) is 0.600. The van der Waals surface area contributed by atoms with Crippen LogP contribution in [0.3, 0.4) is 0 Å². The molecule has 0 aromatic carbocycles. The molecule has 2 rings (SSSR count). The molecule has 0 radical (unpaired) electrons. The molecule has 0 aliphatic rings. The second kappa shape index (κ2) is 5.06. The molecule has 0 amide bonds. The summed E-state index contributed by atoms with van der Waals surface area (Å²) in [7, 11) is 0. The molecule has 0 saturated carbocycles. The van der Waals surface area contributed by atoms with Gasteiger partial charge in [0.1, 0.15) is 11.9 Å². The van der Waals surface area contributed by atoms with E-state index in [4.69, 9.17) is 0 Å². The van der Waals surface area contributed by atoms with Crippen molar-refractivity contribution < 1.29 is 4.92 Å². The number of aromatic amines is 1. The molecule has 7 nitrogen and oxygen atoms in total. The predicted octanol–water partition coefficient (Wildman–Crippen LogP) is 1.37. The van der Waals surface area contributed by atoms with Gasteiger partial charge >= 0.3 is 5.69 Å². The minimum Gasteiger partial charge on any atom is -0.379 e. The van der Waals surface area contributed by atoms with Crippen molar-refractivity contribution in [1.82, 2.24) is 15.0 Å². The predicted molar refractivity (Wildman–Crippen MR) is 61.7 cm³/mol. The van der Waals surface area contributed by atoms with E-state index < -0.39 is 4.92 Å². The number of nitrogens with one attached hydrogen (secondary N) is 2. The number of aromatic nitrogens is 3. The third-order valence-corrected chi connectivity index (χ3v) is 2.26. The summed E-state index contributed by atoms with van der Waals surface area (Å²) in [5.41, 5.74) is 1.44. The lowest BCUT2D eigenvalue weighted by atomic mass is 10.3. The Hall–Kier alpha value is -2.44. The zero-order valence-electron chi connectivity index (χ0n) is 8.96. The van der Waals surface area contributed by atoms with Gasteiger partial charge in [-0.15, -0.1) is 0 Å². The first-order valence-corrected chi connectivity index (χ1v) is 5.07. The fraction of sp³-hybridized carbons (Fsp3) is 0.200. The molecule has 2 aromatic heterocycles. The average molecular weight is 233 g/mol. The summed E-state index contributed by atoms with van der Waals surface area (Å²) in [4.78, 5) is 20.9. The number of imidazole rings is 1. The lowest BCUT2D eigenvalue weighted by molar-refractivity contribution is -0.384. The summed E-state index contributed by atoms with van der Waals surface area (Å²) < 4.78 is 0. The van der Waals surface area contributed by atoms with Crippen LogP contribution in [-0.2, 0) is 6.42 Å². The van der Waals surface area contributed by atoms with Gasteiger partial charge in [0, 0.05) is 31.1 Å². The topological polar surface area (TPSA) is 96.7 Å². The van der Waals surface area contributed by atoms with E-state index in [0.29, 0.717) is 12.2 Å². The van der Waals surface area contributed by atoms with Crippen LogP contribution in [0.2, 0.25) is 0 Å². The Balaban J connectivity index is 1.97. The largest absolute Gasteiger partial charge is 0.379 e. The Bertz CT molecular complexity index is 497. The van der Waals surface area contributed by atoms with Crippen molar-refractivity contribution in [3.63, 3.8) is 0 Å². The van der Waals surface area contributed by atoms with Gasteiger partial charge in [-0.05, 0) is 6.07 Å². The highest BCUT2D eigenvalue weighted by Gasteiger charge is 2.12. The summed E-state index contributed by atoms with van der Waals surface area (Å²) in [6.45, 7) is 0.590. The first-order chi connectivity index (χ1) is 8.27. The van der Waals surface area contributed by atoms with Gasteiger partial charge in [-0.2, -0.15) is 0 Å². The highest BCUT2D eigenvalue weighted by Crippen LogP contribution is 2.21. The summed E-state index contributed by atoms with van der Waals surface area (Å²) in [6, 6.07) is 1.59. The molecule has 0 aliphatic heterocycles. The zero-order chi connectivity index (χ0) is 12.1. The highest BCUT2D eigenvalue weighted by molar-refractivity contribution is 5.59. The Labute approximate surface area is 97.1 Å². The molecule has 88 valence electrons. The second-order valence-electron chi connectivity index (χ2n) is 3.40. The number of nitro groups is 1. The van der Waals surface area contributed by atoms with Crippen molar-refractivity contribution in [3.8, 4) is 0 Å². The molecule has 0 aliphatic carbocycles. The number of rotatable bonds is 5. The van der Waals surface area contributed by atoms with E-state index >= 15 is 0 Å². The fourth-order valence-corrected chi connectivity index (χ4v) is 1.43. The highest BCUT2D eigenvalue weighted by atomic mass is 16.6. The molecule has 0 spiro atoms. The Morgan fingerprint density at radius 1 is 1.41 bits per heavy atom. The zero-order valence-corrected chi connectivity index (χ0v) is 8.96. The Morgan fingerprint density at radius 2 is 2.29 bits per heavy atom. The lowest BCUT2D eigenvalue weighted by Crippen LogP contribution is -2.07. The average Bonchev–Trinajstić information content (AvgIpc) is 2.82. The third kappa shape index (κ3) is 2.77. The second-order valence-corrected chi connectivity index (χ2v) is 3.40. The normalized spacial score (nSPS) is 10.1. The number of hydrogen-bond donors (Lipinski definition) is 2. The van der Waals surface area contributed by atoms with E-state index in [-0.39, 0.29) is 5.69 Å². The van der Waals surface area contributed by atoms with Crippen molar-refractivity contribution in [3.05, 3.63) is 46.8 Å². The minimum absolute atomic E-state index is 0.0166. The maximum atomic E-state index is 10.7. The molecule has 0 fully saturated rings. The fourth-order valence-electron chi connectivity index (χ4n) is 1.43. The van der Waals surface area contributed by atoms with Crippen molar-refractivity contribution in [2.45, 2.75) is 6.42 Å². The van der Waals surface area contributed by atoms with Gasteiger partial charge in [0.25, 0.3) is 0 Å². The van der Waals surface area contributed by atoms with E-state index in [0.717, 1.165) is 12.1 Å². The minimum atomic E-state index is -0.453. The van der Waals surface area contributed by atoms with Gasteiger partial charge in [-0.3, -0.25) is 15.1 Å². The lowest BCUT2D eigenvalue weighted by Gasteiger charge is -2.05. The number of pyridine rings is 1. The number of hydrogen-bond acceptors (Lipinski definition) is 5. The van der Waals surface area contributed by atoms with Crippen LogP contribution in [0.15, 0.2) is 31.0 Å². The van der Waals surface area contributed by atoms with E-state index in [2.05, 4.69) is 20.3 Å². The van der Waals surface area contributed by atoms with Crippen molar-refractivity contribution >= 4 is 11.4 Å².